The Bertz CT molecular complexity index is 342. The summed E-state index contributed by atoms with van der Waals surface area (Å²) in [7, 11) is 1.65. The molecule has 0 saturated heterocycles. The van der Waals surface area contributed by atoms with E-state index in [2.05, 4.69) is 0 Å². The minimum atomic E-state index is -1.05. The van der Waals surface area contributed by atoms with Gasteiger partial charge in [0.2, 0.25) is 5.91 Å². The molecule has 0 aromatic heterocycles. The molecule has 1 amide bonds. The first-order valence-corrected chi connectivity index (χ1v) is 4.72. The minimum Gasteiger partial charge on any atom is -0.346 e. The third kappa shape index (κ3) is 3.21. The van der Waals surface area contributed by atoms with Crippen molar-refractivity contribution in [2.24, 2.45) is 0 Å². The number of carbonyl (C=O) groups is 1. The van der Waals surface area contributed by atoms with Gasteiger partial charge >= 0.3 is 0 Å². The fraction of sp³-hybridized carbons (Fsp3) is 0.417. The number of nitrogens with zero attached hydrogens (tertiary/aromatic N) is 1. The highest BCUT2D eigenvalue weighted by atomic mass is 16.2. The van der Waals surface area contributed by atoms with Crippen molar-refractivity contribution >= 4 is 5.91 Å². The lowest BCUT2D eigenvalue weighted by Gasteiger charge is -2.13. The average Bonchev–Trinajstić information content (AvgIpc) is 2.36. The zero-order chi connectivity index (χ0) is 12.1. The van der Waals surface area contributed by atoms with E-state index in [9.17, 15) is 4.79 Å². The first kappa shape index (κ1) is 8.04. The number of rotatable bonds is 4. The summed E-state index contributed by atoms with van der Waals surface area (Å²) in [6.07, 6.45) is -1.87. The van der Waals surface area contributed by atoms with Crippen molar-refractivity contribution in [2.45, 2.75) is 19.7 Å². The second-order valence-corrected chi connectivity index (χ2v) is 3.10. The van der Waals surface area contributed by atoms with Crippen LogP contribution in [0.15, 0.2) is 30.3 Å². The van der Waals surface area contributed by atoms with Crippen LogP contribution in [0.3, 0.4) is 0 Å². The number of hydrogen-bond donors (Lipinski definition) is 0. The molecular formula is C12H17NO. The predicted octanol–water partition coefficient (Wildman–Crippen LogP) is 2.10. The summed E-state index contributed by atoms with van der Waals surface area (Å²) in [5, 5.41) is 0. The minimum absolute atomic E-state index is 0.300. The van der Waals surface area contributed by atoms with Gasteiger partial charge in [0.1, 0.15) is 0 Å². The molecule has 76 valence electrons. The van der Waals surface area contributed by atoms with Crippen LogP contribution < -0.4 is 0 Å². The highest BCUT2D eigenvalue weighted by molar-refractivity contribution is 5.76. The molecule has 2 unspecified atom stereocenters. The second kappa shape index (κ2) is 5.43. The molecule has 2 nitrogen and oxygen atoms in total. The lowest BCUT2D eigenvalue weighted by molar-refractivity contribution is -0.129. The van der Waals surface area contributed by atoms with E-state index < -0.39 is 12.8 Å². The van der Waals surface area contributed by atoms with E-state index >= 15 is 0 Å². The van der Waals surface area contributed by atoms with Gasteiger partial charge in [-0.15, -0.1) is 0 Å². The molecule has 0 aliphatic carbocycles. The Morgan fingerprint density at radius 3 is 2.64 bits per heavy atom. The van der Waals surface area contributed by atoms with Crippen LogP contribution in [0.2, 0.25) is 0 Å². The van der Waals surface area contributed by atoms with Gasteiger partial charge in [0.05, 0.1) is 0 Å². The maximum atomic E-state index is 11.7. The average molecular weight is 193 g/mol. The van der Waals surface area contributed by atoms with Gasteiger partial charge in [-0.1, -0.05) is 30.3 Å². The Hall–Kier alpha value is -1.31. The van der Waals surface area contributed by atoms with Crippen molar-refractivity contribution in [1.29, 1.82) is 0 Å². The third-order valence-electron chi connectivity index (χ3n) is 2.07. The summed E-state index contributed by atoms with van der Waals surface area (Å²) in [4.78, 5) is 13.2. The highest BCUT2D eigenvalue weighted by Gasteiger charge is 2.05. The summed E-state index contributed by atoms with van der Waals surface area (Å²) in [6.45, 7) is 2.42. The molecule has 0 saturated carbocycles. The molecule has 0 aliphatic heterocycles. The van der Waals surface area contributed by atoms with E-state index in [1.165, 1.54) is 4.90 Å². The van der Waals surface area contributed by atoms with Crippen molar-refractivity contribution in [2.75, 3.05) is 13.6 Å². The normalized spacial score (nSPS) is 16.4. The first-order valence-electron chi connectivity index (χ1n) is 5.87. The summed E-state index contributed by atoms with van der Waals surface area (Å²) in [5.41, 5.74) is 0.709. The topological polar surface area (TPSA) is 20.3 Å². The molecule has 0 bridgehead atoms. The Morgan fingerprint density at radius 2 is 2.07 bits per heavy atom. The van der Waals surface area contributed by atoms with Gasteiger partial charge in [-0.25, -0.2) is 0 Å². The van der Waals surface area contributed by atoms with Gasteiger partial charge in [-0.3, -0.25) is 4.79 Å². The second-order valence-electron chi connectivity index (χ2n) is 3.10. The SMILES string of the molecule is [2H]C(C(=O)N(C)CC)C([2H])c1ccccc1. The van der Waals surface area contributed by atoms with Crippen molar-refractivity contribution in [3.63, 3.8) is 0 Å². The van der Waals surface area contributed by atoms with Gasteiger partial charge in [0.15, 0.2) is 0 Å². The summed E-state index contributed by atoms with van der Waals surface area (Å²) >= 11 is 0. The number of amides is 1. The monoisotopic (exact) mass is 193 g/mol. The van der Waals surface area contributed by atoms with E-state index in [-0.39, 0.29) is 5.91 Å². The third-order valence-corrected chi connectivity index (χ3v) is 2.07. The zero-order valence-corrected chi connectivity index (χ0v) is 8.60. The summed E-state index contributed by atoms with van der Waals surface area (Å²) in [6, 6.07) is 9.04. The molecule has 0 heterocycles. The Labute approximate surface area is 88.4 Å². The predicted molar refractivity (Wildman–Crippen MR) is 58.1 cm³/mol. The molecule has 0 N–H and O–H groups in total. The Morgan fingerprint density at radius 1 is 1.43 bits per heavy atom. The standard InChI is InChI=1S/C12H17NO/c1-3-13(2)12(14)10-9-11-7-5-4-6-8-11/h4-8H,3,9-10H2,1-2H3/i9D,10D. The number of carbonyl (C=O) groups excluding carboxylic acids is 1. The van der Waals surface area contributed by atoms with Crippen LogP contribution in [-0.4, -0.2) is 24.4 Å². The van der Waals surface area contributed by atoms with Crippen molar-refractivity contribution in [3.8, 4) is 0 Å². The van der Waals surface area contributed by atoms with E-state index in [0.717, 1.165) is 0 Å². The molecule has 0 fully saturated rings. The van der Waals surface area contributed by atoms with Gasteiger partial charge in [0, 0.05) is 22.7 Å². The van der Waals surface area contributed by atoms with Crippen LogP contribution in [0.4, 0.5) is 0 Å². The molecule has 0 aliphatic rings. The van der Waals surface area contributed by atoms with Gasteiger partial charge in [-0.2, -0.15) is 0 Å². The smallest absolute Gasteiger partial charge is 0.222 e. The molecule has 2 heteroatoms. The maximum absolute atomic E-state index is 11.7. The lowest BCUT2D eigenvalue weighted by atomic mass is 10.1. The van der Waals surface area contributed by atoms with E-state index in [1.807, 2.05) is 25.1 Å². The molecular weight excluding hydrogens is 174 g/mol. The number of aryl methyl sites for hydroxylation is 1. The van der Waals surface area contributed by atoms with Crippen LogP contribution in [0.25, 0.3) is 0 Å². The molecule has 2 atom stereocenters. The van der Waals surface area contributed by atoms with E-state index in [0.29, 0.717) is 12.1 Å². The zero-order valence-electron chi connectivity index (χ0n) is 10.6. The maximum Gasteiger partial charge on any atom is 0.222 e. The fourth-order valence-electron chi connectivity index (χ4n) is 1.01. The molecule has 1 rings (SSSR count). The van der Waals surface area contributed by atoms with Crippen LogP contribution in [0.1, 0.15) is 21.6 Å². The van der Waals surface area contributed by atoms with Crippen LogP contribution in [0, 0.1) is 0 Å². The molecule has 1 aromatic rings. The van der Waals surface area contributed by atoms with E-state index in [4.69, 9.17) is 2.74 Å². The highest BCUT2D eigenvalue weighted by Crippen LogP contribution is 2.03. The number of benzene rings is 1. The van der Waals surface area contributed by atoms with Crippen molar-refractivity contribution < 1.29 is 7.54 Å². The van der Waals surface area contributed by atoms with Gasteiger partial charge in [0.25, 0.3) is 0 Å². The number of hydrogen-bond acceptors (Lipinski definition) is 1. The molecule has 0 spiro atoms. The quantitative estimate of drug-likeness (QED) is 0.717. The molecule has 14 heavy (non-hydrogen) atoms. The van der Waals surface area contributed by atoms with Crippen molar-refractivity contribution in [3.05, 3.63) is 35.9 Å². The van der Waals surface area contributed by atoms with Gasteiger partial charge in [-0.05, 0) is 18.9 Å². The van der Waals surface area contributed by atoms with Gasteiger partial charge < -0.3 is 4.90 Å². The van der Waals surface area contributed by atoms with Crippen LogP contribution >= 0.6 is 0 Å². The molecule has 0 radical (unpaired) electrons. The first-order chi connectivity index (χ1) is 7.57. The van der Waals surface area contributed by atoms with E-state index in [1.54, 1.807) is 19.2 Å². The fourth-order valence-corrected chi connectivity index (χ4v) is 1.01. The Balaban J connectivity index is 2.75. The largest absolute Gasteiger partial charge is 0.346 e. The summed E-state index contributed by atoms with van der Waals surface area (Å²) < 4.78 is 15.7. The lowest BCUT2D eigenvalue weighted by Crippen LogP contribution is -2.26. The van der Waals surface area contributed by atoms with Crippen LogP contribution in [0.5, 0.6) is 0 Å². The molecule has 1 aromatic carbocycles. The van der Waals surface area contributed by atoms with Crippen LogP contribution in [-0.2, 0) is 11.2 Å². The Kier molecular flexibility index (Phi) is 3.11. The van der Waals surface area contributed by atoms with Crippen molar-refractivity contribution in [1.82, 2.24) is 4.90 Å². The summed E-state index contributed by atoms with van der Waals surface area (Å²) in [5.74, 6) is -0.300.